The zero-order valence-corrected chi connectivity index (χ0v) is 19.9. The lowest BCUT2D eigenvalue weighted by atomic mass is 10.2. The van der Waals surface area contributed by atoms with Crippen LogP contribution in [0.5, 0.6) is 0 Å². The van der Waals surface area contributed by atoms with Crippen molar-refractivity contribution in [3.8, 4) is 0 Å². The lowest BCUT2D eigenvalue weighted by Gasteiger charge is -2.20. The normalized spacial score (nSPS) is 16.1. The van der Waals surface area contributed by atoms with E-state index in [9.17, 15) is 18.0 Å². The minimum absolute atomic E-state index is 0.102. The molecule has 1 fully saturated rings. The van der Waals surface area contributed by atoms with E-state index < -0.39 is 27.9 Å². The van der Waals surface area contributed by atoms with Crippen molar-refractivity contribution in [2.24, 2.45) is 0 Å². The van der Waals surface area contributed by atoms with E-state index in [4.69, 9.17) is 23.2 Å². The van der Waals surface area contributed by atoms with Crippen molar-refractivity contribution in [3.63, 3.8) is 0 Å². The Morgan fingerprint density at radius 3 is 2.34 bits per heavy atom. The van der Waals surface area contributed by atoms with Gasteiger partial charge < -0.3 is 10.6 Å². The van der Waals surface area contributed by atoms with Crippen molar-refractivity contribution in [1.29, 1.82) is 0 Å². The standard InChI is InChI=1S/C22H25Cl2N3O4S/c1-15(25-22(29)18-10-7-11-19(23)20(18)24)21(28)26-16-8-6-9-17(14-16)32(30,31)27-12-4-2-3-5-13-27/h6-11,14-15H,2-5,12-13H2,1H3,(H,25,29)(H,26,28). The number of carbonyl (C=O) groups excluding carboxylic acids is 2. The molecule has 172 valence electrons. The van der Waals surface area contributed by atoms with Crippen LogP contribution in [0.25, 0.3) is 0 Å². The van der Waals surface area contributed by atoms with Crippen molar-refractivity contribution in [2.45, 2.75) is 43.5 Å². The number of amides is 2. The number of anilines is 1. The van der Waals surface area contributed by atoms with Gasteiger partial charge in [0, 0.05) is 18.8 Å². The Morgan fingerprint density at radius 2 is 1.66 bits per heavy atom. The first-order valence-electron chi connectivity index (χ1n) is 10.4. The summed E-state index contributed by atoms with van der Waals surface area (Å²) in [6.45, 7) is 2.51. The molecule has 0 spiro atoms. The fraction of sp³-hybridized carbons (Fsp3) is 0.364. The maximum atomic E-state index is 13.0. The molecule has 3 rings (SSSR count). The number of halogens is 2. The first-order valence-corrected chi connectivity index (χ1v) is 12.6. The third-order valence-corrected chi connectivity index (χ3v) is 7.96. The van der Waals surface area contributed by atoms with Crippen LogP contribution in [0.2, 0.25) is 10.0 Å². The molecule has 1 aliphatic rings. The molecule has 0 saturated carbocycles. The lowest BCUT2D eigenvalue weighted by Crippen LogP contribution is -2.41. The van der Waals surface area contributed by atoms with Gasteiger partial charge in [-0.15, -0.1) is 0 Å². The highest BCUT2D eigenvalue weighted by atomic mass is 35.5. The third kappa shape index (κ3) is 5.81. The average molecular weight is 498 g/mol. The minimum atomic E-state index is -3.64. The molecule has 32 heavy (non-hydrogen) atoms. The van der Waals surface area contributed by atoms with Crippen LogP contribution < -0.4 is 10.6 Å². The van der Waals surface area contributed by atoms with Crippen LogP contribution >= 0.6 is 23.2 Å². The molecular weight excluding hydrogens is 473 g/mol. The number of hydrogen-bond acceptors (Lipinski definition) is 4. The summed E-state index contributed by atoms with van der Waals surface area (Å²) in [6.07, 6.45) is 3.71. The summed E-state index contributed by atoms with van der Waals surface area (Å²) in [5, 5.41) is 5.56. The number of nitrogens with one attached hydrogen (secondary N) is 2. The zero-order chi connectivity index (χ0) is 23.3. The quantitative estimate of drug-likeness (QED) is 0.621. The van der Waals surface area contributed by atoms with Crippen LogP contribution in [0.15, 0.2) is 47.4 Å². The highest BCUT2D eigenvalue weighted by Gasteiger charge is 2.26. The number of carbonyl (C=O) groups is 2. The molecule has 7 nitrogen and oxygen atoms in total. The molecule has 2 aromatic carbocycles. The lowest BCUT2D eigenvalue weighted by molar-refractivity contribution is -0.117. The van der Waals surface area contributed by atoms with E-state index >= 15 is 0 Å². The second-order valence-corrected chi connectivity index (χ2v) is 10.4. The summed E-state index contributed by atoms with van der Waals surface area (Å²) in [7, 11) is -3.64. The predicted molar refractivity (Wildman–Crippen MR) is 126 cm³/mol. The van der Waals surface area contributed by atoms with Crippen molar-refractivity contribution < 1.29 is 18.0 Å². The van der Waals surface area contributed by atoms with Crippen LogP contribution in [-0.4, -0.2) is 43.7 Å². The van der Waals surface area contributed by atoms with E-state index in [1.54, 1.807) is 24.3 Å². The van der Waals surface area contributed by atoms with Gasteiger partial charge in [0.05, 0.1) is 20.5 Å². The van der Waals surface area contributed by atoms with Gasteiger partial charge in [0.2, 0.25) is 15.9 Å². The van der Waals surface area contributed by atoms with E-state index in [1.807, 2.05) is 0 Å². The molecule has 0 radical (unpaired) electrons. The fourth-order valence-corrected chi connectivity index (χ4v) is 5.38. The largest absolute Gasteiger partial charge is 0.340 e. The van der Waals surface area contributed by atoms with E-state index in [0.29, 0.717) is 18.8 Å². The van der Waals surface area contributed by atoms with Crippen molar-refractivity contribution >= 4 is 50.7 Å². The van der Waals surface area contributed by atoms with E-state index in [1.165, 1.54) is 29.4 Å². The third-order valence-electron chi connectivity index (χ3n) is 5.24. The average Bonchev–Trinajstić information content (AvgIpc) is 3.06. The SMILES string of the molecule is CC(NC(=O)c1cccc(Cl)c1Cl)C(=O)Nc1cccc(S(=O)(=O)N2CCCCCC2)c1. The Morgan fingerprint density at radius 1 is 1.00 bits per heavy atom. The van der Waals surface area contributed by atoms with Gasteiger partial charge >= 0.3 is 0 Å². The van der Waals surface area contributed by atoms with Gasteiger partial charge in [-0.1, -0.05) is 48.2 Å². The van der Waals surface area contributed by atoms with Gasteiger partial charge in [-0.05, 0) is 50.1 Å². The van der Waals surface area contributed by atoms with E-state index in [-0.39, 0.29) is 20.5 Å². The molecule has 1 saturated heterocycles. The minimum Gasteiger partial charge on any atom is -0.340 e. The smallest absolute Gasteiger partial charge is 0.253 e. The molecule has 0 aromatic heterocycles. The maximum absolute atomic E-state index is 13.0. The van der Waals surface area contributed by atoms with E-state index in [2.05, 4.69) is 10.6 Å². The van der Waals surface area contributed by atoms with Gasteiger partial charge in [-0.2, -0.15) is 4.31 Å². The van der Waals surface area contributed by atoms with Crippen molar-refractivity contribution in [2.75, 3.05) is 18.4 Å². The Bertz CT molecular complexity index is 1100. The van der Waals surface area contributed by atoms with Crippen LogP contribution in [0, 0.1) is 0 Å². The molecule has 0 aliphatic carbocycles. The second-order valence-electron chi connectivity index (χ2n) is 7.63. The topological polar surface area (TPSA) is 95.6 Å². The molecule has 0 bridgehead atoms. The number of rotatable bonds is 6. The predicted octanol–water partition coefficient (Wildman–Crippen LogP) is 4.32. The second kappa shape index (κ2) is 10.7. The van der Waals surface area contributed by atoms with E-state index in [0.717, 1.165) is 25.7 Å². The Hall–Kier alpha value is -2.13. The van der Waals surface area contributed by atoms with Crippen molar-refractivity contribution in [3.05, 3.63) is 58.1 Å². The highest BCUT2D eigenvalue weighted by molar-refractivity contribution is 7.89. The summed E-state index contributed by atoms with van der Waals surface area (Å²) in [5.41, 5.74) is 0.483. The summed E-state index contributed by atoms with van der Waals surface area (Å²) in [4.78, 5) is 25.2. The first kappa shape index (κ1) is 24.5. The Balaban J connectivity index is 1.68. The van der Waals surface area contributed by atoms with Crippen LogP contribution in [0.3, 0.4) is 0 Å². The van der Waals surface area contributed by atoms with Gasteiger partial charge in [0.15, 0.2) is 0 Å². The zero-order valence-electron chi connectivity index (χ0n) is 17.6. The Labute approximate surface area is 198 Å². The first-order chi connectivity index (χ1) is 15.2. The monoisotopic (exact) mass is 497 g/mol. The van der Waals surface area contributed by atoms with Crippen molar-refractivity contribution in [1.82, 2.24) is 9.62 Å². The Kier molecular flexibility index (Phi) is 8.16. The number of sulfonamides is 1. The van der Waals surface area contributed by atoms with Crippen LogP contribution in [0.1, 0.15) is 43.0 Å². The molecule has 2 N–H and O–H groups in total. The maximum Gasteiger partial charge on any atom is 0.253 e. The molecule has 1 unspecified atom stereocenters. The highest BCUT2D eigenvalue weighted by Crippen LogP contribution is 2.26. The molecule has 10 heteroatoms. The van der Waals surface area contributed by atoms with Crippen LogP contribution in [0.4, 0.5) is 5.69 Å². The van der Waals surface area contributed by atoms with Gasteiger partial charge in [0.25, 0.3) is 5.91 Å². The number of hydrogen-bond donors (Lipinski definition) is 2. The number of benzene rings is 2. The summed E-state index contributed by atoms with van der Waals surface area (Å²) in [5.74, 6) is -1.04. The van der Waals surface area contributed by atoms with Gasteiger partial charge in [-0.3, -0.25) is 9.59 Å². The summed E-state index contributed by atoms with van der Waals surface area (Å²) < 4.78 is 27.5. The summed E-state index contributed by atoms with van der Waals surface area (Å²) in [6, 6.07) is 9.88. The summed E-state index contributed by atoms with van der Waals surface area (Å²) >= 11 is 12.0. The molecule has 1 atom stereocenters. The molecule has 2 amide bonds. The number of nitrogens with zero attached hydrogens (tertiary/aromatic N) is 1. The fourth-order valence-electron chi connectivity index (χ4n) is 3.44. The van der Waals surface area contributed by atoms with Gasteiger partial charge in [0.1, 0.15) is 6.04 Å². The molecule has 2 aromatic rings. The van der Waals surface area contributed by atoms with Gasteiger partial charge in [-0.25, -0.2) is 8.42 Å². The molecule has 1 heterocycles. The molecular formula is C22H25Cl2N3O4S. The molecule has 1 aliphatic heterocycles. The van der Waals surface area contributed by atoms with Crippen LogP contribution in [-0.2, 0) is 14.8 Å².